The highest BCUT2D eigenvalue weighted by Crippen LogP contribution is 2.17. The van der Waals surface area contributed by atoms with Gasteiger partial charge >= 0.3 is 11.9 Å². The Balaban J connectivity index is 1.80. The molecule has 7 nitrogen and oxygen atoms in total. The maximum atomic E-state index is 11.9. The van der Waals surface area contributed by atoms with Crippen LogP contribution < -0.4 is 10.1 Å². The van der Waals surface area contributed by atoms with Gasteiger partial charge in [0.2, 0.25) is 0 Å². The van der Waals surface area contributed by atoms with Crippen molar-refractivity contribution in [2.45, 2.75) is 0 Å². The Morgan fingerprint density at radius 2 is 1.69 bits per heavy atom. The van der Waals surface area contributed by atoms with Crippen molar-refractivity contribution in [3.63, 3.8) is 0 Å². The molecule has 0 saturated heterocycles. The van der Waals surface area contributed by atoms with Crippen molar-refractivity contribution in [2.75, 3.05) is 25.6 Å². The normalized spacial score (nSPS) is 9.92. The van der Waals surface area contributed by atoms with Gasteiger partial charge in [0.15, 0.2) is 13.2 Å². The first kappa shape index (κ1) is 19.5. The lowest BCUT2D eigenvalue weighted by Crippen LogP contribution is -2.24. The summed E-state index contributed by atoms with van der Waals surface area (Å²) in [6, 6.07) is 13.3. The molecular formula is C18H16BrNO6. The number of amides is 1. The number of methoxy groups -OCH3 is 1. The van der Waals surface area contributed by atoms with Crippen molar-refractivity contribution < 1.29 is 28.6 Å². The minimum absolute atomic E-state index is 0.202. The maximum absolute atomic E-state index is 11.9. The van der Waals surface area contributed by atoms with Crippen LogP contribution in [0.15, 0.2) is 53.0 Å². The average molecular weight is 422 g/mol. The summed E-state index contributed by atoms with van der Waals surface area (Å²) in [4.78, 5) is 35.2. The highest BCUT2D eigenvalue weighted by Gasteiger charge is 2.14. The van der Waals surface area contributed by atoms with Crippen LogP contribution in [0.3, 0.4) is 0 Å². The summed E-state index contributed by atoms with van der Waals surface area (Å²) in [5.41, 5.74) is 0.472. The monoisotopic (exact) mass is 421 g/mol. The van der Waals surface area contributed by atoms with Crippen molar-refractivity contribution in [3.8, 4) is 5.75 Å². The van der Waals surface area contributed by atoms with Crippen LogP contribution in [-0.4, -0.2) is 38.2 Å². The van der Waals surface area contributed by atoms with E-state index in [1.165, 1.54) is 13.2 Å². The molecule has 0 aromatic heterocycles. The molecule has 0 heterocycles. The molecule has 0 aliphatic heterocycles. The fourth-order valence-electron chi connectivity index (χ4n) is 1.93. The molecule has 2 rings (SSSR count). The first-order chi connectivity index (χ1) is 12.5. The molecule has 0 bridgehead atoms. The molecule has 0 radical (unpaired) electrons. The molecule has 26 heavy (non-hydrogen) atoms. The first-order valence-electron chi connectivity index (χ1n) is 7.51. The fourth-order valence-corrected chi connectivity index (χ4v) is 2.19. The summed E-state index contributed by atoms with van der Waals surface area (Å²) < 4.78 is 15.6. The van der Waals surface area contributed by atoms with Gasteiger partial charge in [0, 0.05) is 4.47 Å². The number of anilines is 1. The molecule has 2 aromatic rings. The zero-order valence-corrected chi connectivity index (χ0v) is 15.4. The molecule has 1 amide bonds. The predicted octanol–water partition coefficient (Wildman–Crippen LogP) is 2.80. The van der Waals surface area contributed by atoms with Gasteiger partial charge in [-0.3, -0.25) is 4.79 Å². The lowest BCUT2D eigenvalue weighted by Gasteiger charge is -2.10. The lowest BCUT2D eigenvalue weighted by atomic mass is 10.2. The average Bonchev–Trinajstić information content (AvgIpc) is 2.65. The van der Waals surface area contributed by atoms with Gasteiger partial charge in [-0.2, -0.15) is 0 Å². The number of nitrogens with one attached hydrogen (secondary N) is 1. The Kier molecular flexibility index (Phi) is 7.16. The minimum atomic E-state index is -0.690. The second kappa shape index (κ2) is 9.57. The fraction of sp³-hybridized carbons (Fsp3) is 0.167. The maximum Gasteiger partial charge on any atom is 0.344 e. The van der Waals surface area contributed by atoms with Gasteiger partial charge in [-0.25, -0.2) is 9.59 Å². The topological polar surface area (TPSA) is 90.9 Å². The van der Waals surface area contributed by atoms with Crippen molar-refractivity contribution in [2.24, 2.45) is 0 Å². The van der Waals surface area contributed by atoms with Crippen LogP contribution in [0.4, 0.5) is 5.69 Å². The Morgan fingerprint density at radius 1 is 1.00 bits per heavy atom. The molecule has 0 saturated carbocycles. The zero-order chi connectivity index (χ0) is 18.9. The largest absolute Gasteiger partial charge is 0.482 e. The van der Waals surface area contributed by atoms with Gasteiger partial charge in [-0.15, -0.1) is 0 Å². The number of rotatable bonds is 7. The standard InChI is InChI=1S/C18H16BrNO6/c1-24-18(23)14-4-2-3-5-15(14)20-16(21)10-26-17(22)11-25-13-8-6-12(19)7-9-13/h2-9H,10-11H2,1H3,(H,20,21). The quantitative estimate of drug-likeness (QED) is 0.691. The van der Waals surface area contributed by atoms with Crippen molar-refractivity contribution >= 4 is 39.5 Å². The van der Waals surface area contributed by atoms with Crippen LogP contribution >= 0.6 is 15.9 Å². The SMILES string of the molecule is COC(=O)c1ccccc1NC(=O)COC(=O)COc1ccc(Br)cc1. The van der Waals surface area contributed by atoms with Crippen LogP contribution in [0.2, 0.25) is 0 Å². The summed E-state index contributed by atoms with van der Waals surface area (Å²) in [6.45, 7) is -0.828. The molecule has 0 atom stereocenters. The molecule has 0 spiro atoms. The van der Waals surface area contributed by atoms with Crippen molar-refractivity contribution in [1.29, 1.82) is 0 Å². The summed E-state index contributed by atoms with van der Waals surface area (Å²) >= 11 is 3.29. The van der Waals surface area contributed by atoms with E-state index in [0.717, 1.165) is 4.47 Å². The molecule has 0 aliphatic carbocycles. The third kappa shape index (κ3) is 5.89. The van der Waals surface area contributed by atoms with Crippen molar-refractivity contribution in [3.05, 3.63) is 58.6 Å². The first-order valence-corrected chi connectivity index (χ1v) is 8.30. The van der Waals surface area contributed by atoms with Crippen LogP contribution in [0.5, 0.6) is 5.75 Å². The van der Waals surface area contributed by atoms with Gasteiger partial charge in [0.05, 0.1) is 18.4 Å². The van der Waals surface area contributed by atoms with Crippen LogP contribution in [0.1, 0.15) is 10.4 Å². The number of ether oxygens (including phenoxy) is 3. The number of hydrogen-bond donors (Lipinski definition) is 1. The number of carbonyl (C=O) groups excluding carboxylic acids is 3. The van der Waals surface area contributed by atoms with E-state index in [1.807, 2.05) is 0 Å². The van der Waals surface area contributed by atoms with Gasteiger partial charge in [-0.1, -0.05) is 28.1 Å². The van der Waals surface area contributed by atoms with Crippen LogP contribution in [0, 0.1) is 0 Å². The predicted molar refractivity (Wildman–Crippen MR) is 97.0 cm³/mol. The van der Waals surface area contributed by atoms with Gasteiger partial charge in [0.25, 0.3) is 5.91 Å². The second-order valence-electron chi connectivity index (χ2n) is 4.99. The third-order valence-corrected chi connectivity index (χ3v) is 3.67. The molecule has 1 N–H and O–H groups in total. The molecule has 8 heteroatoms. The number of halogens is 1. The Bertz CT molecular complexity index is 791. The molecular weight excluding hydrogens is 406 g/mol. The smallest absolute Gasteiger partial charge is 0.344 e. The van der Waals surface area contributed by atoms with Gasteiger partial charge < -0.3 is 19.5 Å². The number of para-hydroxylation sites is 1. The summed E-state index contributed by atoms with van der Waals surface area (Å²) in [7, 11) is 1.24. The van der Waals surface area contributed by atoms with E-state index in [2.05, 4.69) is 26.0 Å². The molecule has 2 aromatic carbocycles. The van der Waals surface area contributed by atoms with E-state index in [9.17, 15) is 14.4 Å². The summed E-state index contributed by atoms with van der Waals surface area (Å²) in [5.74, 6) is -1.36. The third-order valence-electron chi connectivity index (χ3n) is 3.14. The Hall–Kier alpha value is -2.87. The molecule has 0 unspecified atom stereocenters. The van der Waals surface area contributed by atoms with E-state index in [4.69, 9.17) is 9.47 Å². The highest BCUT2D eigenvalue weighted by molar-refractivity contribution is 9.10. The van der Waals surface area contributed by atoms with E-state index < -0.39 is 24.5 Å². The number of hydrogen-bond acceptors (Lipinski definition) is 6. The van der Waals surface area contributed by atoms with Crippen molar-refractivity contribution in [1.82, 2.24) is 0 Å². The van der Waals surface area contributed by atoms with Crippen LogP contribution in [-0.2, 0) is 19.1 Å². The zero-order valence-electron chi connectivity index (χ0n) is 13.9. The van der Waals surface area contributed by atoms with Gasteiger partial charge in [0.1, 0.15) is 5.75 Å². The van der Waals surface area contributed by atoms with Crippen LogP contribution in [0.25, 0.3) is 0 Å². The molecule has 0 aliphatic rings. The van der Waals surface area contributed by atoms with E-state index in [0.29, 0.717) is 5.75 Å². The number of esters is 2. The summed E-state index contributed by atoms with van der Waals surface area (Å²) in [5, 5.41) is 2.50. The lowest BCUT2D eigenvalue weighted by molar-refractivity contribution is -0.149. The van der Waals surface area contributed by atoms with E-state index in [-0.39, 0.29) is 17.9 Å². The molecule has 0 fully saturated rings. The second-order valence-corrected chi connectivity index (χ2v) is 5.90. The van der Waals surface area contributed by atoms with Gasteiger partial charge in [-0.05, 0) is 36.4 Å². The number of carbonyl (C=O) groups is 3. The highest BCUT2D eigenvalue weighted by atomic mass is 79.9. The Morgan fingerprint density at radius 3 is 2.38 bits per heavy atom. The van der Waals surface area contributed by atoms with E-state index >= 15 is 0 Å². The summed E-state index contributed by atoms with van der Waals surface area (Å²) in [6.07, 6.45) is 0. The molecule has 136 valence electrons. The Labute approximate surface area is 158 Å². The van der Waals surface area contributed by atoms with E-state index in [1.54, 1.807) is 42.5 Å². The minimum Gasteiger partial charge on any atom is -0.482 e. The number of benzene rings is 2.